The Morgan fingerprint density at radius 1 is 1.36 bits per heavy atom. The number of rotatable bonds is 3. The summed E-state index contributed by atoms with van der Waals surface area (Å²) in [5, 5.41) is 2.90. The molecule has 0 aliphatic carbocycles. The Labute approximate surface area is 129 Å². The molecule has 6 heteroatoms. The predicted molar refractivity (Wildman–Crippen MR) is 84.1 cm³/mol. The number of carbonyl (C=O) groups excluding carboxylic acids is 1. The van der Waals surface area contributed by atoms with Crippen molar-refractivity contribution in [2.24, 2.45) is 0 Å². The highest BCUT2D eigenvalue weighted by Crippen LogP contribution is 2.28. The molecule has 1 aliphatic rings. The molecule has 0 unspecified atom stereocenters. The smallest absolute Gasteiger partial charge is 0.228 e. The normalized spacial score (nSPS) is 13.5. The standard InChI is InChI=1S/C16H18N4O2/c1-11(21)18-14-5-3-4-12-10-20(9-7-13(12)14)16-17-8-6-15(19-16)22-2/h3-6,8H,7,9-10H2,1-2H3,(H,18,21). The Balaban J connectivity index is 1.86. The molecular formula is C16H18N4O2. The quantitative estimate of drug-likeness (QED) is 0.939. The zero-order chi connectivity index (χ0) is 15.5. The molecule has 0 saturated heterocycles. The summed E-state index contributed by atoms with van der Waals surface area (Å²) in [5.41, 5.74) is 3.27. The number of aromatic nitrogens is 2. The SMILES string of the molecule is COc1ccnc(N2CCc3c(cccc3NC(C)=O)C2)n1. The molecule has 1 aliphatic heterocycles. The van der Waals surface area contributed by atoms with Gasteiger partial charge in [0.25, 0.3) is 0 Å². The zero-order valence-corrected chi connectivity index (χ0v) is 12.7. The molecule has 1 amide bonds. The average Bonchev–Trinajstić information content (AvgIpc) is 2.54. The number of nitrogens with one attached hydrogen (secondary N) is 1. The number of nitrogens with zero attached hydrogens (tertiary/aromatic N) is 3. The molecule has 6 nitrogen and oxygen atoms in total. The summed E-state index contributed by atoms with van der Waals surface area (Å²) in [5.74, 6) is 1.17. The third-order valence-electron chi connectivity index (χ3n) is 3.69. The number of anilines is 2. The van der Waals surface area contributed by atoms with Crippen molar-refractivity contribution >= 4 is 17.5 Å². The number of fused-ring (bicyclic) bond motifs is 1. The maximum absolute atomic E-state index is 11.3. The molecule has 2 aromatic rings. The van der Waals surface area contributed by atoms with Crippen molar-refractivity contribution in [2.45, 2.75) is 19.9 Å². The Morgan fingerprint density at radius 2 is 2.23 bits per heavy atom. The Kier molecular flexibility index (Phi) is 3.91. The lowest BCUT2D eigenvalue weighted by Gasteiger charge is -2.30. The fraction of sp³-hybridized carbons (Fsp3) is 0.312. The van der Waals surface area contributed by atoms with Gasteiger partial charge < -0.3 is 15.0 Å². The van der Waals surface area contributed by atoms with Crippen molar-refractivity contribution in [3.63, 3.8) is 0 Å². The van der Waals surface area contributed by atoms with Crippen LogP contribution in [-0.2, 0) is 17.8 Å². The molecule has 1 aromatic carbocycles. The van der Waals surface area contributed by atoms with Crippen LogP contribution >= 0.6 is 0 Å². The lowest BCUT2D eigenvalue weighted by atomic mass is 9.98. The number of ether oxygens (including phenoxy) is 1. The van der Waals surface area contributed by atoms with Gasteiger partial charge in [-0.25, -0.2) is 4.98 Å². The summed E-state index contributed by atoms with van der Waals surface area (Å²) < 4.78 is 5.15. The lowest BCUT2D eigenvalue weighted by molar-refractivity contribution is -0.114. The van der Waals surface area contributed by atoms with Crippen molar-refractivity contribution in [3.8, 4) is 5.88 Å². The molecule has 0 bridgehead atoms. The molecule has 0 radical (unpaired) electrons. The highest BCUT2D eigenvalue weighted by Gasteiger charge is 2.21. The first-order chi connectivity index (χ1) is 10.7. The number of hydrogen-bond donors (Lipinski definition) is 1. The molecule has 3 rings (SSSR count). The van der Waals surface area contributed by atoms with Gasteiger partial charge in [0.1, 0.15) is 0 Å². The van der Waals surface area contributed by atoms with Crippen LogP contribution in [0.3, 0.4) is 0 Å². The van der Waals surface area contributed by atoms with E-state index in [1.807, 2.05) is 12.1 Å². The fourth-order valence-corrected chi connectivity index (χ4v) is 2.69. The van der Waals surface area contributed by atoms with Crippen LogP contribution in [0.4, 0.5) is 11.6 Å². The first-order valence-corrected chi connectivity index (χ1v) is 7.17. The first kappa shape index (κ1) is 14.3. The molecule has 1 aromatic heterocycles. The van der Waals surface area contributed by atoms with Gasteiger partial charge in [0.15, 0.2) is 0 Å². The Bertz CT molecular complexity index is 702. The van der Waals surface area contributed by atoms with E-state index in [1.165, 1.54) is 18.1 Å². The molecule has 1 N–H and O–H groups in total. The van der Waals surface area contributed by atoms with E-state index in [1.54, 1.807) is 19.4 Å². The zero-order valence-electron chi connectivity index (χ0n) is 12.7. The Hall–Kier alpha value is -2.63. The topological polar surface area (TPSA) is 67.3 Å². The summed E-state index contributed by atoms with van der Waals surface area (Å²) in [6, 6.07) is 7.71. The van der Waals surface area contributed by atoms with Crippen LogP contribution in [-0.4, -0.2) is 29.5 Å². The van der Waals surface area contributed by atoms with E-state index in [-0.39, 0.29) is 5.91 Å². The van der Waals surface area contributed by atoms with Crippen LogP contribution in [0.15, 0.2) is 30.5 Å². The third kappa shape index (κ3) is 2.86. The van der Waals surface area contributed by atoms with Gasteiger partial charge in [0.2, 0.25) is 17.7 Å². The van der Waals surface area contributed by atoms with Crippen LogP contribution in [0.2, 0.25) is 0 Å². The summed E-state index contributed by atoms with van der Waals surface area (Å²) in [4.78, 5) is 22.1. The molecule has 2 heterocycles. The van der Waals surface area contributed by atoms with Crippen LogP contribution in [0.5, 0.6) is 5.88 Å². The summed E-state index contributed by atoms with van der Waals surface area (Å²) >= 11 is 0. The highest BCUT2D eigenvalue weighted by atomic mass is 16.5. The Morgan fingerprint density at radius 3 is 3.00 bits per heavy atom. The van der Waals surface area contributed by atoms with Crippen molar-refractivity contribution < 1.29 is 9.53 Å². The maximum Gasteiger partial charge on any atom is 0.228 e. The van der Waals surface area contributed by atoms with E-state index in [9.17, 15) is 4.79 Å². The monoisotopic (exact) mass is 298 g/mol. The van der Waals surface area contributed by atoms with E-state index in [0.717, 1.165) is 25.2 Å². The number of carbonyl (C=O) groups is 1. The number of benzene rings is 1. The maximum atomic E-state index is 11.3. The molecule has 114 valence electrons. The highest BCUT2D eigenvalue weighted by molar-refractivity contribution is 5.89. The van der Waals surface area contributed by atoms with Gasteiger partial charge in [-0.3, -0.25) is 4.79 Å². The van der Waals surface area contributed by atoms with Crippen LogP contribution in [0, 0.1) is 0 Å². The summed E-state index contributed by atoms with van der Waals surface area (Å²) in [7, 11) is 1.59. The summed E-state index contributed by atoms with van der Waals surface area (Å²) in [6.07, 6.45) is 2.54. The fourth-order valence-electron chi connectivity index (χ4n) is 2.69. The molecule has 0 spiro atoms. The van der Waals surface area contributed by atoms with Crippen molar-refractivity contribution in [2.75, 3.05) is 23.9 Å². The molecule has 22 heavy (non-hydrogen) atoms. The number of methoxy groups -OCH3 is 1. The van der Waals surface area contributed by atoms with E-state index < -0.39 is 0 Å². The van der Waals surface area contributed by atoms with E-state index >= 15 is 0 Å². The van der Waals surface area contributed by atoms with Gasteiger partial charge in [-0.2, -0.15) is 4.98 Å². The van der Waals surface area contributed by atoms with Crippen LogP contribution in [0.1, 0.15) is 18.1 Å². The minimum Gasteiger partial charge on any atom is -0.481 e. The third-order valence-corrected chi connectivity index (χ3v) is 3.69. The van der Waals surface area contributed by atoms with Gasteiger partial charge in [-0.15, -0.1) is 0 Å². The molecule has 0 saturated carbocycles. The van der Waals surface area contributed by atoms with E-state index in [0.29, 0.717) is 11.8 Å². The molecule has 0 atom stereocenters. The van der Waals surface area contributed by atoms with Crippen LogP contribution < -0.4 is 15.0 Å². The van der Waals surface area contributed by atoms with Crippen molar-refractivity contribution in [3.05, 3.63) is 41.6 Å². The van der Waals surface area contributed by atoms with Gasteiger partial charge >= 0.3 is 0 Å². The summed E-state index contributed by atoms with van der Waals surface area (Å²) in [6.45, 7) is 3.05. The number of hydrogen-bond acceptors (Lipinski definition) is 5. The number of amides is 1. The molecular weight excluding hydrogens is 280 g/mol. The average molecular weight is 298 g/mol. The lowest BCUT2D eigenvalue weighted by Crippen LogP contribution is -2.32. The predicted octanol–water partition coefficient (Wildman–Crippen LogP) is 2.01. The largest absolute Gasteiger partial charge is 0.481 e. The van der Waals surface area contributed by atoms with Gasteiger partial charge in [-0.1, -0.05) is 12.1 Å². The first-order valence-electron chi connectivity index (χ1n) is 7.17. The van der Waals surface area contributed by atoms with Gasteiger partial charge in [-0.05, 0) is 23.6 Å². The second-order valence-electron chi connectivity index (χ2n) is 5.19. The van der Waals surface area contributed by atoms with Crippen molar-refractivity contribution in [1.82, 2.24) is 9.97 Å². The van der Waals surface area contributed by atoms with Crippen molar-refractivity contribution in [1.29, 1.82) is 0 Å². The molecule has 0 fully saturated rings. The van der Waals surface area contributed by atoms with Gasteiger partial charge in [0, 0.05) is 38.0 Å². The minimum atomic E-state index is -0.0491. The van der Waals surface area contributed by atoms with Crippen LogP contribution in [0.25, 0.3) is 0 Å². The second kappa shape index (κ2) is 6.01. The minimum absolute atomic E-state index is 0.0491. The van der Waals surface area contributed by atoms with E-state index in [2.05, 4.69) is 26.3 Å². The van der Waals surface area contributed by atoms with E-state index in [4.69, 9.17) is 4.74 Å². The second-order valence-corrected chi connectivity index (χ2v) is 5.19. The van der Waals surface area contributed by atoms with Gasteiger partial charge in [0.05, 0.1) is 7.11 Å².